The highest BCUT2D eigenvalue weighted by molar-refractivity contribution is 7.89. The molecular weight excluding hydrogens is 378 g/mol. The van der Waals surface area contributed by atoms with Crippen LogP contribution in [0.4, 0.5) is 0 Å². The number of nitrogens with one attached hydrogen (secondary N) is 2. The van der Waals surface area contributed by atoms with Gasteiger partial charge in [-0.15, -0.1) is 0 Å². The maximum absolute atomic E-state index is 12.8. The van der Waals surface area contributed by atoms with E-state index < -0.39 is 10.0 Å². The van der Waals surface area contributed by atoms with Crippen LogP contribution in [-0.4, -0.2) is 45.9 Å². The van der Waals surface area contributed by atoms with Crippen LogP contribution in [0.5, 0.6) is 0 Å². The lowest BCUT2D eigenvalue weighted by molar-refractivity contribution is 0.0933. The summed E-state index contributed by atoms with van der Waals surface area (Å²) < 4.78 is 32.5. The van der Waals surface area contributed by atoms with Crippen LogP contribution in [0.3, 0.4) is 0 Å². The van der Waals surface area contributed by atoms with E-state index in [0.29, 0.717) is 17.7 Å². The van der Waals surface area contributed by atoms with Gasteiger partial charge >= 0.3 is 0 Å². The average molecular weight is 406 g/mol. The zero-order chi connectivity index (χ0) is 20.3. The van der Waals surface area contributed by atoms with E-state index in [0.717, 1.165) is 37.3 Å². The van der Waals surface area contributed by atoms with Gasteiger partial charge in [0.2, 0.25) is 10.0 Å². The molecule has 2 heterocycles. The van der Waals surface area contributed by atoms with E-state index in [4.69, 9.17) is 4.42 Å². The number of rotatable bonds is 7. The number of carbonyl (C=O) groups excluding carboxylic acids is 1. The lowest BCUT2D eigenvalue weighted by atomic mass is 10.1. The summed E-state index contributed by atoms with van der Waals surface area (Å²) in [5, 5.41) is 2.95. The molecule has 1 unspecified atom stereocenters. The quantitative estimate of drug-likeness (QED) is 0.738. The zero-order valence-corrected chi connectivity index (χ0v) is 17.3. The topological polar surface area (TPSA) is 91.6 Å². The van der Waals surface area contributed by atoms with Crippen LogP contribution < -0.4 is 10.0 Å². The maximum Gasteiger partial charge on any atom is 0.251 e. The van der Waals surface area contributed by atoms with Crippen LogP contribution >= 0.6 is 0 Å². The van der Waals surface area contributed by atoms with Gasteiger partial charge in [-0.3, -0.25) is 9.69 Å². The van der Waals surface area contributed by atoms with Gasteiger partial charge in [-0.2, -0.15) is 0 Å². The van der Waals surface area contributed by atoms with Gasteiger partial charge in [0.25, 0.3) is 5.91 Å². The zero-order valence-electron chi connectivity index (χ0n) is 16.5. The molecule has 2 N–H and O–H groups in total. The minimum atomic E-state index is -3.64. The maximum atomic E-state index is 12.8. The Labute approximate surface area is 166 Å². The number of nitrogens with zero attached hydrogens (tertiary/aromatic N) is 1. The van der Waals surface area contributed by atoms with Crippen molar-refractivity contribution in [1.29, 1.82) is 0 Å². The van der Waals surface area contributed by atoms with Crippen LogP contribution in [0.15, 0.2) is 39.8 Å². The van der Waals surface area contributed by atoms with E-state index in [1.54, 1.807) is 26.2 Å². The van der Waals surface area contributed by atoms with Gasteiger partial charge in [-0.05, 0) is 82.2 Å². The highest BCUT2D eigenvalue weighted by Crippen LogP contribution is 2.25. The van der Waals surface area contributed by atoms with Gasteiger partial charge in [-0.25, -0.2) is 13.1 Å². The molecule has 0 radical (unpaired) electrons. The second-order valence-corrected chi connectivity index (χ2v) is 8.96. The van der Waals surface area contributed by atoms with Crippen molar-refractivity contribution in [2.24, 2.45) is 0 Å². The second-order valence-electron chi connectivity index (χ2n) is 7.11. The van der Waals surface area contributed by atoms with E-state index in [1.165, 1.54) is 13.1 Å². The molecule has 3 rings (SSSR count). The third-order valence-corrected chi connectivity index (χ3v) is 6.89. The predicted molar refractivity (Wildman–Crippen MR) is 107 cm³/mol. The van der Waals surface area contributed by atoms with Gasteiger partial charge < -0.3 is 9.73 Å². The molecule has 0 saturated carbocycles. The molecule has 7 nitrogen and oxygen atoms in total. The Kier molecular flexibility index (Phi) is 6.22. The molecule has 1 atom stereocenters. The number of aryl methyl sites for hydroxylation is 1. The number of likely N-dealkylation sites (tertiary alicyclic amines) is 1. The van der Waals surface area contributed by atoms with Crippen molar-refractivity contribution in [1.82, 2.24) is 14.9 Å². The summed E-state index contributed by atoms with van der Waals surface area (Å²) in [5.74, 6) is 0.521. The first kappa shape index (κ1) is 20.6. The van der Waals surface area contributed by atoms with Crippen LogP contribution in [0.25, 0.3) is 0 Å². The molecule has 1 aromatic heterocycles. The first-order chi connectivity index (χ1) is 13.3. The largest absolute Gasteiger partial charge is 0.468 e. The van der Waals surface area contributed by atoms with E-state index in [-0.39, 0.29) is 16.8 Å². The Hall–Kier alpha value is -2.16. The number of furan rings is 1. The average Bonchev–Trinajstić information content (AvgIpc) is 3.38. The molecule has 8 heteroatoms. The molecule has 1 aliphatic rings. The minimum absolute atomic E-state index is 0.0338. The Morgan fingerprint density at radius 1 is 1.25 bits per heavy atom. The third-order valence-electron chi connectivity index (χ3n) is 5.35. The lowest BCUT2D eigenvalue weighted by Crippen LogP contribution is -2.36. The lowest BCUT2D eigenvalue weighted by Gasteiger charge is -2.26. The molecule has 0 spiro atoms. The smallest absolute Gasteiger partial charge is 0.251 e. The molecule has 28 heavy (non-hydrogen) atoms. The van der Waals surface area contributed by atoms with Gasteiger partial charge in [0.1, 0.15) is 5.76 Å². The first-order valence-electron chi connectivity index (χ1n) is 9.44. The number of hydrogen-bond donors (Lipinski definition) is 2. The van der Waals surface area contributed by atoms with Crippen molar-refractivity contribution in [3.8, 4) is 0 Å². The molecule has 152 valence electrons. The Morgan fingerprint density at radius 3 is 2.57 bits per heavy atom. The third kappa shape index (κ3) is 4.29. The van der Waals surface area contributed by atoms with Crippen molar-refractivity contribution in [2.45, 2.75) is 37.6 Å². The molecule has 0 aliphatic carbocycles. The second kappa shape index (κ2) is 8.46. The molecule has 1 amide bonds. The fraction of sp³-hybridized carbons (Fsp3) is 0.450. The molecule has 0 bridgehead atoms. The highest BCUT2D eigenvalue weighted by atomic mass is 32.2. The number of amides is 1. The molecule has 1 aromatic carbocycles. The fourth-order valence-electron chi connectivity index (χ4n) is 3.58. The van der Waals surface area contributed by atoms with Crippen molar-refractivity contribution in [3.63, 3.8) is 0 Å². The Morgan fingerprint density at radius 2 is 1.96 bits per heavy atom. The molecule has 1 saturated heterocycles. The van der Waals surface area contributed by atoms with E-state index >= 15 is 0 Å². The van der Waals surface area contributed by atoms with Gasteiger partial charge in [0, 0.05) is 12.1 Å². The predicted octanol–water partition coefficient (Wildman–Crippen LogP) is 2.37. The van der Waals surface area contributed by atoms with Crippen molar-refractivity contribution in [2.75, 3.05) is 26.7 Å². The van der Waals surface area contributed by atoms with E-state index in [1.807, 2.05) is 12.1 Å². The van der Waals surface area contributed by atoms with E-state index in [2.05, 4.69) is 14.9 Å². The summed E-state index contributed by atoms with van der Waals surface area (Å²) in [6.07, 6.45) is 3.90. The monoisotopic (exact) mass is 405 g/mol. The SMILES string of the molecule is CNS(=O)(=O)c1cc(C(=O)NCC(c2ccco2)N2CCCC2)cc(C)c1C. The number of carbonyl (C=O) groups is 1. The van der Waals surface area contributed by atoms with Crippen molar-refractivity contribution < 1.29 is 17.6 Å². The van der Waals surface area contributed by atoms with Crippen LogP contribution in [0, 0.1) is 13.8 Å². The number of hydrogen-bond acceptors (Lipinski definition) is 5. The summed E-state index contributed by atoms with van der Waals surface area (Å²) >= 11 is 0. The normalized spacial score (nSPS) is 16.2. The van der Waals surface area contributed by atoms with Crippen LogP contribution in [-0.2, 0) is 10.0 Å². The van der Waals surface area contributed by atoms with Gasteiger partial charge in [0.05, 0.1) is 17.2 Å². The van der Waals surface area contributed by atoms with Crippen LogP contribution in [0.2, 0.25) is 0 Å². The Balaban J connectivity index is 1.80. The standard InChI is InChI=1S/C20H27N3O4S/c1-14-11-16(12-19(15(14)2)28(25,26)21-3)20(24)22-13-17(18-7-6-10-27-18)23-8-4-5-9-23/h6-7,10-12,17,21H,4-5,8-9,13H2,1-3H3,(H,22,24). The summed E-state index contributed by atoms with van der Waals surface area (Å²) in [5.41, 5.74) is 1.72. The number of sulfonamides is 1. The molecule has 1 aliphatic heterocycles. The van der Waals surface area contributed by atoms with Crippen molar-refractivity contribution in [3.05, 3.63) is 53.0 Å². The molecular formula is C20H27N3O4S. The van der Waals surface area contributed by atoms with Crippen LogP contribution in [0.1, 0.15) is 46.1 Å². The summed E-state index contributed by atoms with van der Waals surface area (Å²) in [4.78, 5) is 15.2. The summed E-state index contributed by atoms with van der Waals surface area (Å²) in [7, 11) is -2.28. The number of benzene rings is 1. The molecule has 1 fully saturated rings. The summed E-state index contributed by atoms with van der Waals surface area (Å²) in [6.45, 7) is 5.87. The first-order valence-corrected chi connectivity index (χ1v) is 10.9. The Bertz CT molecular complexity index is 933. The van der Waals surface area contributed by atoms with E-state index in [9.17, 15) is 13.2 Å². The molecule has 2 aromatic rings. The van der Waals surface area contributed by atoms with Crippen molar-refractivity contribution >= 4 is 15.9 Å². The minimum Gasteiger partial charge on any atom is -0.468 e. The summed E-state index contributed by atoms with van der Waals surface area (Å²) in [6, 6.07) is 6.88. The van der Waals surface area contributed by atoms with Gasteiger partial charge in [-0.1, -0.05) is 0 Å². The highest BCUT2D eigenvalue weighted by Gasteiger charge is 2.26. The fourth-order valence-corrected chi connectivity index (χ4v) is 4.65. The van der Waals surface area contributed by atoms with Gasteiger partial charge in [0.15, 0.2) is 0 Å².